The van der Waals surface area contributed by atoms with Gasteiger partial charge in [-0.15, -0.1) is 0 Å². The summed E-state index contributed by atoms with van der Waals surface area (Å²) in [5.41, 5.74) is 0.239. The van der Waals surface area contributed by atoms with Gasteiger partial charge in [0.25, 0.3) is 0 Å². The number of alkyl halides is 3. The van der Waals surface area contributed by atoms with Crippen LogP contribution in [-0.2, 0) is 22.8 Å². The van der Waals surface area contributed by atoms with E-state index in [1.54, 1.807) is 31.0 Å². The number of aryl methyl sites for hydroxylation is 1. The van der Waals surface area contributed by atoms with Crippen LogP contribution in [0.5, 0.6) is 0 Å². The maximum atomic E-state index is 12.6. The van der Waals surface area contributed by atoms with E-state index in [1.807, 2.05) is 0 Å². The molecule has 0 spiro atoms. The number of aromatic nitrogens is 3. The van der Waals surface area contributed by atoms with E-state index in [4.69, 9.17) is 4.74 Å². The number of nitrogens with zero attached hydrogens (tertiary/aromatic N) is 3. The van der Waals surface area contributed by atoms with Gasteiger partial charge in [0.15, 0.2) is 0 Å². The smallest absolute Gasteiger partial charge is 0.433 e. The Balaban J connectivity index is 2.31. The molecular weight excluding hydrogens is 311 g/mol. The Hall–Kier alpha value is -2.38. The third kappa shape index (κ3) is 4.30. The first-order valence-electron chi connectivity index (χ1n) is 6.98. The van der Waals surface area contributed by atoms with Crippen LogP contribution in [0.4, 0.5) is 13.2 Å². The Morgan fingerprint density at radius 3 is 2.52 bits per heavy atom. The molecule has 2 aromatic rings. The molecule has 0 aromatic carbocycles. The highest BCUT2D eigenvalue weighted by molar-refractivity contribution is 5.71. The van der Waals surface area contributed by atoms with Gasteiger partial charge >= 0.3 is 12.1 Å². The third-order valence-corrected chi connectivity index (χ3v) is 3.28. The second kappa shape index (κ2) is 6.80. The van der Waals surface area contributed by atoms with Crippen LogP contribution in [0, 0.1) is 0 Å². The lowest BCUT2D eigenvalue weighted by atomic mass is 9.91. The first-order chi connectivity index (χ1) is 10.8. The lowest BCUT2D eigenvalue weighted by Gasteiger charge is -2.15. The first-order valence-corrected chi connectivity index (χ1v) is 6.98. The van der Waals surface area contributed by atoms with E-state index in [9.17, 15) is 18.0 Å². The Morgan fingerprint density at radius 2 is 2.04 bits per heavy atom. The number of rotatable bonds is 5. The van der Waals surface area contributed by atoms with E-state index >= 15 is 0 Å². The Morgan fingerprint density at radius 1 is 1.30 bits per heavy atom. The van der Waals surface area contributed by atoms with Gasteiger partial charge in [-0.25, -0.2) is 0 Å². The van der Waals surface area contributed by atoms with Gasteiger partial charge in [-0.05, 0) is 24.1 Å². The standard InChI is InChI=1S/C15H16F3N3O2/c1-3-23-14(22)6-12(11-8-20-21(2)9-11)10-4-5-13(19-7-10)15(16,17)18/h4-5,7-9,12H,3,6H2,1-2H3. The van der Waals surface area contributed by atoms with E-state index in [1.165, 1.54) is 6.07 Å². The maximum absolute atomic E-state index is 12.6. The topological polar surface area (TPSA) is 57.0 Å². The van der Waals surface area contributed by atoms with Crippen LogP contribution in [0.2, 0.25) is 0 Å². The van der Waals surface area contributed by atoms with Crippen molar-refractivity contribution in [2.75, 3.05) is 6.61 Å². The van der Waals surface area contributed by atoms with Crippen molar-refractivity contribution in [3.8, 4) is 0 Å². The van der Waals surface area contributed by atoms with E-state index in [-0.39, 0.29) is 13.0 Å². The van der Waals surface area contributed by atoms with E-state index < -0.39 is 23.8 Å². The van der Waals surface area contributed by atoms with Crippen LogP contribution in [0.15, 0.2) is 30.7 Å². The van der Waals surface area contributed by atoms with Gasteiger partial charge in [0.05, 0.1) is 19.2 Å². The summed E-state index contributed by atoms with van der Waals surface area (Å²) in [5, 5.41) is 4.04. The minimum absolute atomic E-state index is 0.00653. The summed E-state index contributed by atoms with van der Waals surface area (Å²) in [6.45, 7) is 1.93. The predicted octanol–water partition coefficient (Wildman–Crippen LogP) is 2.92. The second-order valence-electron chi connectivity index (χ2n) is 4.98. The molecule has 0 aliphatic rings. The highest BCUT2D eigenvalue weighted by Crippen LogP contribution is 2.31. The molecular formula is C15H16F3N3O2. The fraction of sp³-hybridized carbons (Fsp3) is 0.400. The van der Waals surface area contributed by atoms with Gasteiger partial charge in [0.1, 0.15) is 5.69 Å². The summed E-state index contributed by atoms with van der Waals surface area (Å²) in [5.74, 6) is -0.890. The molecule has 2 aromatic heterocycles. The van der Waals surface area contributed by atoms with Crippen LogP contribution < -0.4 is 0 Å². The summed E-state index contributed by atoms with van der Waals surface area (Å²) in [7, 11) is 1.72. The van der Waals surface area contributed by atoms with Crippen LogP contribution >= 0.6 is 0 Å². The van der Waals surface area contributed by atoms with Gasteiger partial charge in [-0.2, -0.15) is 18.3 Å². The van der Waals surface area contributed by atoms with Crippen molar-refractivity contribution in [1.82, 2.24) is 14.8 Å². The Kier molecular flexibility index (Phi) is 5.02. The van der Waals surface area contributed by atoms with Crippen molar-refractivity contribution in [3.63, 3.8) is 0 Å². The lowest BCUT2D eigenvalue weighted by Crippen LogP contribution is -2.13. The molecule has 0 radical (unpaired) electrons. The largest absolute Gasteiger partial charge is 0.466 e. The third-order valence-electron chi connectivity index (χ3n) is 3.28. The quantitative estimate of drug-likeness (QED) is 0.792. The number of hydrogen-bond acceptors (Lipinski definition) is 4. The molecule has 0 aliphatic heterocycles. The van der Waals surface area contributed by atoms with Crippen LogP contribution in [0.3, 0.4) is 0 Å². The fourth-order valence-corrected chi connectivity index (χ4v) is 2.21. The summed E-state index contributed by atoms with van der Waals surface area (Å²) in [4.78, 5) is 15.2. The molecule has 5 nitrogen and oxygen atoms in total. The molecule has 1 unspecified atom stereocenters. The number of halogens is 3. The number of ether oxygens (including phenoxy) is 1. The molecule has 0 saturated heterocycles. The van der Waals surface area contributed by atoms with Gasteiger partial charge in [0.2, 0.25) is 0 Å². The van der Waals surface area contributed by atoms with Gasteiger partial charge in [-0.3, -0.25) is 14.5 Å². The van der Waals surface area contributed by atoms with Crippen molar-refractivity contribution >= 4 is 5.97 Å². The molecule has 8 heteroatoms. The summed E-state index contributed by atoms with van der Waals surface area (Å²) in [6.07, 6.45) is -0.0705. The molecule has 0 aliphatic carbocycles. The first kappa shape index (κ1) is 17.0. The zero-order chi connectivity index (χ0) is 17.0. The summed E-state index contributed by atoms with van der Waals surface area (Å²) >= 11 is 0. The zero-order valence-electron chi connectivity index (χ0n) is 12.7. The molecule has 2 heterocycles. The normalized spacial score (nSPS) is 12.9. The van der Waals surface area contributed by atoms with Gasteiger partial charge < -0.3 is 4.74 Å². The molecule has 23 heavy (non-hydrogen) atoms. The SMILES string of the molecule is CCOC(=O)CC(c1ccc(C(F)(F)F)nc1)c1cnn(C)c1. The zero-order valence-corrected chi connectivity index (χ0v) is 12.7. The molecule has 0 bridgehead atoms. The van der Waals surface area contributed by atoms with Crippen molar-refractivity contribution in [2.24, 2.45) is 7.05 Å². The number of pyridine rings is 1. The predicted molar refractivity (Wildman–Crippen MR) is 75.5 cm³/mol. The van der Waals surface area contributed by atoms with E-state index in [2.05, 4.69) is 10.1 Å². The molecule has 2 rings (SSSR count). The van der Waals surface area contributed by atoms with Gasteiger partial charge in [0, 0.05) is 25.4 Å². The summed E-state index contributed by atoms with van der Waals surface area (Å²) in [6, 6.07) is 2.23. The average molecular weight is 327 g/mol. The van der Waals surface area contributed by atoms with Crippen molar-refractivity contribution in [1.29, 1.82) is 0 Å². The van der Waals surface area contributed by atoms with Crippen LogP contribution in [0.1, 0.15) is 36.1 Å². The van der Waals surface area contributed by atoms with Crippen molar-refractivity contribution in [2.45, 2.75) is 25.4 Å². The molecule has 0 fully saturated rings. The molecule has 1 atom stereocenters. The Bertz CT molecular complexity index is 665. The van der Waals surface area contributed by atoms with Crippen molar-refractivity contribution < 1.29 is 22.7 Å². The maximum Gasteiger partial charge on any atom is 0.433 e. The van der Waals surface area contributed by atoms with Crippen LogP contribution in [-0.4, -0.2) is 27.3 Å². The molecule has 0 amide bonds. The minimum Gasteiger partial charge on any atom is -0.466 e. The number of carbonyl (C=O) groups is 1. The van der Waals surface area contributed by atoms with Crippen LogP contribution in [0.25, 0.3) is 0 Å². The average Bonchev–Trinajstić information content (AvgIpc) is 2.91. The Labute approximate surface area is 131 Å². The highest BCUT2D eigenvalue weighted by atomic mass is 19.4. The summed E-state index contributed by atoms with van der Waals surface area (Å²) < 4.78 is 44.3. The second-order valence-corrected chi connectivity index (χ2v) is 4.98. The molecule has 0 N–H and O–H groups in total. The van der Waals surface area contributed by atoms with Crippen molar-refractivity contribution in [3.05, 3.63) is 47.5 Å². The minimum atomic E-state index is -4.50. The lowest BCUT2D eigenvalue weighted by molar-refractivity contribution is -0.143. The number of hydrogen-bond donors (Lipinski definition) is 0. The highest BCUT2D eigenvalue weighted by Gasteiger charge is 2.32. The van der Waals surface area contributed by atoms with E-state index in [0.717, 1.165) is 12.3 Å². The number of esters is 1. The molecule has 124 valence electrons. The monoisotopic (exact) mass is 327 g/mol. The number of carbonyl (C=O) groups excluding carboxylic acids is 1. The molecule has 0 saturated carbocycles. The van der Waals surface area contributed by atoms with Gasteiger partial charge in [-0.1, -0.05) is 6.07 Å². The fourth-order valence-electron chi connectivity index (χ4n) is 2.21. The van der Waals surface area contributed by atoms with E-state index in [0.29, 0.717) is 11.1 Å².